The van der Waals surface area contributed by atoms with Crippen molar-refractivity contribution in [1.29, 1.82) is 0 Å². The minimum Gasteiger partial charge on any atom is -0.332 e. The quantitative estimate of drug-likeness (QED) is 0.903. The number of nitrogens with two attached hydrogens (primary N) is 1. The maximum absolute atomic E-state index is 12.5. The molecule has 0 aliphatic carbocycles. The smallest absolute Gasteiger partial charge is 0.332 e. The summed E-state index contributed by atoms with van der Waals surface area (Å²) in [7, 11) is 0. The van der Waals surface area contributed by atoms with Crippen molar-refractivity contribution >= 4 is 5.91 Å². The Morgan fingerprint density at radius 3 is 2.20 bits per heavy atom. The van der Waals surface area contributed by atoms with Crippen molar-refractivity contribution in [3.63, 3.8) is 0 Å². The SMILES string of the molecule is CC(C)(C(=O)N(CCN)CC(F)(F)F)c1ccccc1. The molecule has 0 saturated carbocycles. The van der Waals surface area contributed by atoms with Gasteiger partial charge in [0, 0.05) is 13.1 Å². The van der Waals surface area contributed by atoms with Gasteiger partial charge in [0.05, 0.1) is 5.41 Å². The van der Waals surface area contributed by atoms with Gasteiger partial charge in [0.2, 0.25) is 5.91 Å². The Morgan fingerprint density at radius 2 is 1.75 bits per heavy atom. The standard InChI is InChI=1S/C14H19F3N2O/c1-13(2,11-6-4-3-5-7-11)12(20)19(9-8-18)10-14(15,16)17/h3-7H,8-10,18H2,1-2H3. The van der Waals surface area contributed by atoms with Crippen LogP contribution < -0.4 is 5.73 Å². The van der Waals surface area contributed by atoms with Gasteiger partial charge in [-0.2, -0.15) is 13.2 Å². The summed E-state index contributed by atoms with van der Waals surface area (Å²) in [6.45, 7) is 1.83. The van der Waals surface area contributed by atoms with Crippen LogP contribution in [0.4, 0.5) is 13.2 Å². The molecule has 0 aliphatic rings. The summed E-state index contributed by atoms with van der Waals surface area (Å²) in [5, 5.41) is 0. The van der Waals surface area contributed by atoms with Crippen LogP contribution in [0.2, 0.25) is 0 Å². The molecule has 20 heavy (non-hydrogen) atoms. The molecule has 0 aromatic heterocycles. The molecule has 0 radical (unpaired) electrons. The lowest BCUT2D eigenvalue weighted by molar-refractivity contribution is -0.164. The Hall–Kier alpha value is -1.56. The summed E-state index contributed by atoms with van der Waals surface area (Å²) < 4.78 is 37.6. The van der Waals surface area contributed by atoms with Gasteiger partial charge in [-0.05, 0) is 19.4 Å². The third kappa shape index (κ3) is 4.23. The van der Waals surface area contributed by atoms with E-state index in [0.29, 0.717) is 5.56 Å². The molecule has 6 heteroatoms. The van der Waals surface area contributed by atoms with Gasteiger partial charge in [0.15, 0.2) is 0 Å². The molecular formula is C14H19F3N2O. The fourth-order valence-electron chi connectivity index (χ4n) is 2.00. The molecule has 0 atom stereocenters. The molecule has 1 amide bonds. The van der Waals surface area contributed by atoms with Gasteiger partial charge in [-0.15, -0.1) is 0 Å². The van der Waals surface area contributed by atoms with E-state index in [1.807, 2.05) is 0 Å². The zero-order valence-corrected chi connectivity index (χ0v) is 11.6. The summed E-state index contributed by atoms with van der Waals surface area (Å²) in [4.78, 5) is 13.2. The Morgan fingerprint density at radius 1 is 1.20 bits per heavy atom. The van der Waals surface area contributed by atoms with Gasteiger partial charge in [-0.3, -0.25) is 4.79 Å². The van der Waals surface area contributed by atoms with E-state index in [1.165, 1.54) is 0 Å². The number of hydrogen-bond acceptors (Lipinski definition) is 2. The number of hydrogen-bond donors (Lipinski definition) is 1. The number of benzene rings is 1. The van der Waals surface area contributed by atoms with Crippen LogP contribution in [0, 0.1) is 0 Å². The Kier molecular flexibility index (Phi) is 5.16. The van der Waals surface area contributed by atoms with E-state index < -0.39 is 24.0 Å². The van der Waals surface area contributed by atoms with Crippen molar-refractivity contribution in [3.05, 3.63) is 35.9 Å². The lowest BCUT2D eigenvalue weighted by atomic mass is 9.83. The van der Waals surface area contributed by atoms with E-state index in [0.717, 1.165) is 4.90 Å². The number of carbonyl (C=O) groups excluding carboxylic acids is 1. The van der Waals surface area contributed by atoms with Crippen LogP contribution in [0.5, 0.6) is 0 Å². The normalized spacial score (nSPS) is 12.3. The van der Waals surface area contributed by atoms with Gasteiger partial charge < -0.3 is 10.6 Å². The lowest BCUT2D eigenvalue weighted by Crippen LogP contribution is -2.49. The molecule has 0 fully saturated rings. The molecule has 1 rings (SSSR count). The van der Waals surface area contributed by atoms with Crippen molar-refractivity contribution in [2.24, 2.45) is 5.73 Å². The molecule has 0 bridgehead atoms. The third-order valence-electron chi connectivity index (χ3n) is 3.09. The molecule has 0 saturated heterocycles. The Bertz CT molecular complexity index is 443. The lowest BCUT2D eigenvalue weighted by Gasteiger charge is -2.32. The molecule has 0 aliphatic heterocycles. The summed E-state index contributed by atoms with van der Waals surface area (Å²) >= 11 is 0. The van der Waals surface area contributed by atoms with Crippen molar-refractivity contribution < 1.29 is 18.0 Å². The molecule has 3 nitrogen and oxygen atoms in total. The minimum atomic E-state index is -4.43. The van der Waals surface area contributed by atoms with E-state index in [1.54, 1.807) is 44.2 Å². The monoisotopic (exact) mass is 288 g/mol. The largest absolute Gasteiger partial charge is 0.406 e. The van der Waals surface area contributed by atoms with Crippen molar-refractivity contribution in [2.45, 2.75) is 25.4 Å². The van der Waals surface area contributed by atoms with E-state index in [2.05, 4.69) is 0 Å². The highest BCUT2D eigenvalue weighted by atomic mass is 19.4. The number of halogens is 3. The van der Waals surface area contributed by atoms with Gasteiger partial charge in [-0.25, -0.2) is 0 Å². The molecule has 0 spiro atoms. The highest BCUT2D eigenvalue weighted by Crippen LogP contribution is 2.27. The van der Waals surface area contributed by atoms with Crippen LogP contribution in [-0.2, 0) is 10.2 Å². The topological polar surface area (TPSA) is 46.3 Å². The van der Waals surface area contributed by atoms with Gasteiger partial charge in [0.1, 0.15) is 6.54 Å². The van der Waals surface area contributed by atoms with Crippen molar-refractivity contribution in [3.8, 4) is 0 Å². The fourth-order valence-corrected chi connectivity index (χ4v) is 2.00. The van der Waals surface area contributed by atoms with Crippen LogP contribution in [0.15, 0.2) is 30.3 Å². The van der Waals surface area contributed by atoms with E-state index in [4.69, 9.17) is 5.73 Å². The summed E-state index contributed by atoms with van der Waals surface area (Å²) in [5.74, 6) is -0.577. The van der Waals surface area contributed by atoms with Crippen molar-refractivity contribution in [2.75, 3.05) is 19.6 Å². The number of carbonyl (C=O) groups is 1. The number of alkyl halides is 3. The molecule has 112 valence electrons. The summed E-state index contributed by atoms with van der Waals surface area (Å²) in [5.41, 5.74) is 4.96. The van der Waals surface area contributed by atoms with Gasteiger partial charge >= 0.3 is 6.18 Å². The average Bonchev–Trinajstić information content (AvgIpc) is 2.37. The van der Waals surface area contributed by atoms with Crippen molar-refractivity contribution in [1.82, 2.24) is 4.90 Å². The number of amides is 1. The molecule has 1 aromatic rings. The fraction of sp³-hybridized carbons (Fsp3) is 0.500. The first-order chi connectivity index (χ1) is 9.18. The van der Waals surface area contributed by atoms with E-state index >= 15 is 0 Å². The maximum atomic E-state index is 12.5. The zero-order valence-electron chi connectivity index (χ0n) is 11.6. The Labute approximate surface area is 116 Å². The maximum Gasteiger partial charge on any atom is 0.406 e. The van der Waals surface area contributed by atoms with Crippen LogP contribution in [-0.4, -0.2) is 36.6 Å². The first-order valence-corrected chi connectivity index (χ1v) is 6.30. The molecule has 2 N–H and O–H groups in total. The van der Waals surface area contributed by atoms with E-state index in [9.17, 15) is 18.0 Å². The second kappa shape index (κ2) is 6.26. The second-order valence-electron chi connectivity index (χ2n) is 5.12. The van der Waals surface area contributed by atoms with Crippen LogP contribution >= 0.6 is 0 Å². The Balaban J connectivity index is 2.99. The predicted octanol–water partition coefficient (Wildman–Crippen LogP) is 2.31. The highest BCUT2D eigenvalue weighted by molar-refractivity contribution is 5.87. The zero-order chi connectivity index (χ0) is 15.4. The van der Waals surface area contributed by atoms with Crippen LogP contribution in [0.1, 0.15) is 19.4 Å². The molecule has 0 unspecified atom stereocenters. The minimum absolute atomic E-state index is 0.00725. The van der Waals surface area contributed by atoms with Crippen LogP contribution in [0.25, 0.3) is 0 Å². The van der Waals surface area contributed by atoms with Gasteiger partial charge in [-0.1, -0.05) is 30.3 Å². The summed E-state index contributed by atoms with van der Waals surface area (Å²) in [6, 6.07) is 8.75. The molecule has 0 heterocycles. The number of rotatable bonds is 5. The third-order valence-corrected chi connectivity index (χ3v) is 3.09. The predicted molar refractivity (Wildman–Crippen MR) is 71.2 cm³/mol. The van der Waals surface area contributed by atoms with E-state index in [-0.39, 0.29) is 13.1 Å². The number of nitrogens with zero attached hydrogens (tertiary/aromatic N) is 1. The molecular weight excluding hydrogens is 269 g/mol. The first kappa shape index (κ1) is 16.5. The summed E-state index contributed by atoms with van der Waals surface area (Å²) in [6.07, 6.45) is -4.43. The highest BCUT2D eigenvalue weighted by Gasteiger charge is 2.39. The second-order valence-corrected chi connectivity index (χ2v) is 5.12. The van der Waals surface area contributed by atoms with Crippen LogP contribution in [0.3, 0.4) is 0 Å². The van der Waals surface area contributed by atoms with Gasteiger partial charge in [0.25, 0.3) is 0 Å². The molecule has 1 aromatic carbocycles. The average molecular weight is 288 g/mol. The first-order valence-electron chi connectivity index (χ1n) is 6.30.